The second-order valence-corrected chi connectivity index (χ2v) is 7.72. The van der Waals surface area contributed by atoms with E-state index in [4.69, 9.17) is 9.47 Å². The Labute approximate surface area is 151 Å². The van der Waals surface area contributed by atoms with Gasteiger partial charge in [-0.15, -0.1) is 0 Å². The first kappa shape index (κ1) is 17.0. The number of nitrogens with one attached hydrogen (secondary N) is 1. The maximum Gasteiger partial charge on any atom is 0.124 e. The summed E-state index contributed by atoms with van der Waals surface area (Å²) in [5.74, 6) is 1.72. The fourth-order valence-electron chi connectivity index (χ4n) is 4.81. The number of methoxy groups -OCH3 is 2. The van der Waals surface area contributed by atoms with Gasteiger partial charge in [0.05, 0.1) is 14.2 Å². The van der Waals surface area contributed by atoms with Crippen LogP contribution in [0.4, 0.5) is 5.69 Å². The van der Waals surface area contributed by atoms with Crippen molar-refractivity contribution in [2.24, 2.45) is 0 Å². The summed E-state index contributed by atoms with van der Waals surface area (Å²) in [6, 6.07) is 8.29. The van der Waals surface area contributed by atoms with Crippen LogP contribution in [0.25, 0.3) is 0 Å². The van der Waals surface area contributed by atoms with Crippen LogP contribution in [0.5, 0.6) is 11.5 Å². The van der Waals surface area contributed by atoms with E-state index in [1.165, 1.54) is 50.9 Å². The van der Waals surface area contributed by atoms with Gasteiger partial charge >= 0.3 is 0 Å². The third-order valence-electron chi connectivity index (χ3n) is 6.18. The van der Waals surface area contributed by atoms with E-state index >= 15 is 0 Å². The molecular weight excluding hydrogens is 314 g/mol. The molecule has 3 fully saturated rings. The summed E-state index contributed by atoms with van der Waals surface area (Å²) in [4.78, 5) is 5.15. The van der Waals surface area contributed by atoms with Crippen molar-refractivity contribution in [2.75, 3.05) is 45.3 Å². The molecule has 4 rings (SSSR count). The average Bonchev–Trinajstić information content (AvgIpc) is 3.30. The van der Waals surface area contributed by atoms with E-state index in [9.17, 15) is 0 Å². The summed E-state index contributed by atoms with van der Waals surface area (Å²) in [7, 11) is 3.42. The molecule has 3 saturated heterocycles. The molecule has 3 heterocycles. The van der Waals surface area contributed by atoms with Crippen LogP contribution < -0.4 is 19.7 Å². The molecule has 5 heteroatoms. The van der Waals surface area contributed by atoms with Gasteiger partial charge in [-0.2, -0.15) is 0 Å². The maximum atomic E-state index is 5.42. The van der Waals surface area contributed by atoms with Crippen LogP contribution in [0.15, 0.2) is 18.2 Å². The van der Waals surface area contributed by atoms with Gasteiger partial charge in [0.15, 0.2) is 0 Å². The lowest BCUT2D eigenvalue weighted by atomic mass is 9.97. The number of anilines is 1. The molecule has 0 aromatic heterocycles. The van der Waals surface area contributed by atoms with Crippen LogP contribution >= 0.6 is 0 Å². The van der Waals surface area contributed by atoms with Crippen LogP contribution in [0.1, 0.15) is 32.1 Å². The Balaban J connectivity index is 1.35. The molecule has 0 unspecified atom stereocenters. The zero-order valence-corrected chi connectivity index (χ0v) is 15.5. The summed E-state index contributed by atoms with van der Waals surface area (Å²) < 4.78 is 10.8. The van der Waals surface area contributed by atoms with Gasteiger partial charge in [0.25, 0.3) is 0 Å². The minimum absolute atomic E-state index is 0.593. The van der Waals surface area contributed by atoms with Crippen LogP contribution in [0.2, 0.25) is 0 Å². The minimum atomic E-state index is 0.593. The smallest absolute Gasteiger partial charge is 0.124 e. The van der Waals surface area contributed by atoms with Crippen molar-refractivity contribution in [3.63, 3.8) is 0 Å². The predicted molar refractivity (Wildman–Crippen MR) is 101 cm³/mol. The number of piperidine rings is 1. The van der Waals surface area contributed by atoms with Gasteiger partial charge in [0.1, 0.15) is 11.5 Å². The van der Waals surface area contributed by atoms with Crippen molar-refractivity contribution in [2.45, 2.75) is 50.2 Å². The number of rotatable bonds is 5. The zero-order valence-electron chi connectivity index (χ0n) is 15.5. The Morgan fingerprint density at radius 2 is 1.68 bits per heavy atom. The van der Waals surface area contributed by atoms with Crippen LogP contribution in [0.3, 0.4) is 0 Å². The first-order valence-corrected chi connectivity index (χ1v) is 9.73. The second-order valence-electron chi connectivity index (χ2n) is 7.72. The lowest BCUT2D eigenvalue weighted by molar-refractivity contribution is 0.162. The summed E-state index contributed by atoms with van der Waals surface area (Å²) in [5, 5.41) is 3.96. The largest absolute Gasteiger partial charge is 0.497 e. The molecule has 5 nitrogen and oxygen atoms in total. The van der Waals surface area contributed by atoms with Crippen LogP contribution in [-0.2, 0) is 0 Å². The summed E-state index contributed by atoms with van der Waals surface area (Å²) in [5.41, 5.74) is 1.20. The van der Waals surface area contributed by atoms with E-state index in [2.05, 4.69) is 27.2 Å². The van der Waals surface area contributed by atoms with E-state index < -0.39 is 0 Å². The van der Waals surface area contributed by atoms with E-state index in [0.717, 1.165) is 30.6 Å². The lowest BCUT2D eigenvalue weighted by Crippen LogP contribution is -2.49. The highest BCUT2D eigenvalue weighted by molar-refractivity contribution is 5.56. The van der Waals surface area contributed by atoms with E-state index in [1.807, 2.05) is 6.07 Å². The SMILES string of the molecule is COc1cc(OC)cc(N2CC[C@H](N[C@@H]3CCN4CCC[C@H]4C3)C2)c1. The average molecular weight is 345 g/mol. The van der Waals surface area contributed by atoms with Crippen molar-refractivity contribution in [1.82, 2.24) is 10.2 Å². The number of hydrogen-bond donors (Lipinski definition) is 1. The standard InChI is InChI=1S/C20H31N3O2/c1-24-19-11-18(12-20(13-19)25-2)23-9-6-16(14-23)21-15-5-8-22-7-3-4-17(22)10-15/h11-13,15-17,21H,3-10,14H2,1-2H3/t15-,16+,17+/m1/s1. The van der Waals surface area contributed by atoms with Crippen molar-refractivity contribution in [3.05, 3.63) is 18.2 Å². The minimum Gasteiger partial charge on any atom is -0.497 e. The van der Waals surface area contributed by atoms with E-state index in [1.54, 1.807) is 14.2 Å². The predicted octanol–water partition coefficient (Wildman–Crippen LogP) is 2.50. The van der Waals surface area contributed by atoms with Gasteiger partial charge in [-0.1, -0.05) is 0 Å². The van der Waals surface area contributed by atoms with Gasteiger partial charge in [0.2, 0.25) is 0 Å². The third kappa shape index (κ3) is 3.72. The maximum absolute atomic E-state index is 5.42. The Morgan fingerprint density at radius 1 is 0.920 bits per heavy atom. The Hall–Kier alpha value is -1.46. The topological polar surface area (TPSA) is 37.0 Å². The van der Waals surface area contributed by atoms with Crippen molar-refractivity contribution in [1.29, 1.82) is 0 Å². The van der Waals surface area contributed by atoms with Gasteiger partial charge in [-0.3, -0.25) is 0 Å². The van der Waals surface area contributed by atoms with Crippen LogP contribution in [-0.4, -0.2) is 63.4 Å². The van der Waals surface area contributed by atoms with Gasteiger partial charge in [-0.25, -0.2) is 0 Å². The Bertz CT molecular complexity index is 572. The molecule has 0 radical (unpaired) electrons. The van der Waals surface area contributed by atoms with Gasteiger partial charge in [-0.05, 0) is 45.2 Å². The molecule has 0 bridgehead atoms. The monoisotopic (exact) mass is 345 g/mol. The highest BCUT2D eigenvalue weighted by Crippen LogP contribution is 2.31. The fraction of sp³-hybridized carbons (Fsp3) is 0.700. The normalized spacial score (nSPS) is 29.7. The fourth-order valence-corrected chi connectivity index (χ4v) is 4.81. The third-order valence-corrected chi connectivity index (χ3v) is 6.18. The van der Waals surface area contributed by atoms with Gasteiger partial charge < -0.3 is 24.6 Å². The highest BCUT2D eigenvalue weighted by Gasteiger charge is 2.33. The molecule has 1 aromatic carbocycles. The van der Waals surface area contributed by atoms with E-state index in [0.29, 0.717) is 12.1 Å². The summed E-state index contributed by atoms with van der Waals surface area (Å²) >= 11 is 0. The Kier molecular flexibility index (Phi) is 5.04. The summed E-state index contributed by atoms with van der Waals surface area (Å²) in [6.07, 6.45) is 6.65. The number of nitrogens with zero attached hydrogens (tertiary/aromatic N) is 2. The zero-order chi connectivity index (χ0) is 17.2. The lowest BCUT2D eigenvalue weighted by Gasteiger charge is -2.36. The first-order valence-electron chi connectivity index (χ1n) is 9.73. The molecule has 0 amide bonds. The van der Waals surface area contributed by atoms with Crippen LogP contribution in [0, 0.1) is 0 Å². The molecule has 138 valence electrons. The van der Waals surface area contributed by atoms with Crippen molar-refractivity contribution < 1.29 is 9.47 Å². The molecule has 0 aliphatic carbocycles. The molecule has 1 aromatic rings. The molecule has 25 heavy (non-hydrogen) atoms. The first-order chi connectivity index (χ1) is 12.2. The summed E-state index contributed by atoms with van der Waals surface area (Å²) in [6.45, 7) is 4.77. The molecule has 3 aliphatic rings. The van der Waals surface area contributed by atoms with E-state index in [-0.39, 0.29) is 0 Å². The molecule has 3 atom stereocenters. The molecule has 0 saturated carbocycles. The number of ether oxygens (including phenoxy) is 2. The quantitative estimate of drug-likeness (QED) is 0.887. The van der Waals surface area contributed by atoms with Crippen molar-refractivity contribution in [3.8, 4) is 11.5 Å². The second kappa shape index (κ2) is 7.42. The van der Waals surface area contributed by atoms with Crippen molar-refractivity contribution >= 4 is 5.69 Å². The highest BCUT2D eigenvalue weighted by atomic mass is 16.5. The molecule has 3 aliphatic heterocycles. The molecule has 1 N–H and O–H groups in total. The van der Waals surface area contributed by atoms with Gasteiger partial charge in [0, 0.05) is 55.1 Å². The Morgan fingerprint density at radius 3 is 2.44 bits per heavy atom. The number of benzene rings is 1. The number of hydrogen-bond acceptors (Lipinski definition) is 5. The molecule has 0 spiro atoms. The molecular formula is C20H31N3O2. The number of fused-ring (bicyclic) bond motifs is 1.